The van der Waals surface area contributed by atoms with Crippen molar-refractivity contribution in [1.29, 1.82) is 0 Å². The van der Waals surface area contributed by atoms with Crippen molar-refractivity contribution in [1.82, 2.24) is 4.90 Å². The number of hydrogen-bond acceptors (Lipinski definition) is 5. The number of esters is 1. The Kier molecular flexibility index (Phi) is 4.83. The molecule has 0 radical (unpaired) electrons. The molecular weight excluding hydrogens is 445 g/mol. The SMILES string of the molecule is C=CCOC(=O)[C@@H]1C(C(=O)O)C2CC(F)(F)CN2C12C(=O)Nc1c(Cl)cc(Cl)cc12. The maximum atomic E-state index is 14.4. The Labute approximate surface area is 179 Å². The number of benzene rings is 1. The average molecular weight is 461 g/mol. The summed E-state index contributed by atoms with van der Waals surface area (Å²) in [5.74, 6) is -9.74. The van der Waals surface area contributed by atoms with Gasteiger partial charge in [0.05, 0.1) is 23.2 Å². The fourth-order valence-corrected chi connectivity index (χ4v) is 5.54. The summed E-state index contributed by atoms with van der Waals surface area (Å²) in [5.41, 5.74) is -1.86. The zero-order chi connectivity index (χ0) is 22.0. The van der Waals surface area contributed by atoms with E-state index < -0.39 is 60.2 Å². The minimum Gasteiger partial charge on any atom is -0.481 e. The van der Waals surface area contributed by atoms with Gasteiger partial charge in [-0.1, -0.05) is 35.9 Å². The molecule has 1 spiro atoms. The zero-order valence-electron chi connectivity index (χ0n) is 15.3. The molecule has 0 aliphatic carbocycles. The van der Waals surface area contributed by atoms with Crippen LogP contribution in [0.1, 0.15) is 12.0 Å². The second-order valence-electron chi connectivity index (χ2n) is 7.55. The number of carboxylic acid groups (broad SMARTS) is 1. The van der Waals surface area contributed by atoms with E-state index >= 15 is 0 Å². The summed E-state index contributed by atoms with van der Waals surface area (Å²) in [6.07, 6.45) is 0.467. The van der Waals surface area contributed by atoms with Gasteiger partial charge in [0.1, 0.15) is 18.1 Å². The van der Waals surface area contributed by atoms with Gasteiger partial charge < -0.3 is 15.2 Å². The highest BCUT2D eigenvalue weighted by Gasteiger charge is 2.74. The summed E-state index contributed by atoms with van der Waals surface area (Å²) in [7, 11) is 0. The number of fused-ring (bicyclic) bond motifs is 4. The van der Waals surface area contributed by atoms with Crippen molar-refractivity contribution in [2.45, 2.75) is 23.9 Å². The number of anilines is 1. The molecule has 0 saturated carbocycles. The minimum atomic E-state index is -3.24. The van der Waals surface area contributed by atoms with Gasteiger partial charge in [-0.05, 0) is 12.1 Å². The molecule has 4 rings (SSSR count). The van der Waals surface area contributed by atoms with Crippen molar-refractivity contribution in [3.63, 3.8) is 0 Å². The lowest BCUT2D eigenvalue weighted by Gasteiger charge is -2.36. The lowest BCUT2D eigenvalue weighted by molar-refractivity contribution is -0.161. The van der Waals surface area contributed by atoms with Crippen LogP contribution in [0.3, 0.4) is 0 Å². The summed E-state index contributed by atoms with van der Waals surface area (Å²) in [6, 6.07) is 1.42. The van der Waals surface area contributed by atoms with Crippen LogP contribution in [-0.2, 0) is 24.7 Å². The zero-order valence-corrected chi connectivity index (χ0v) is 16.8. The number of aliphatic carboxylic acids is 1. The Balaban J connectivity index is 1.99. The van der Waals surface area contributed by atoms with E-state index in [1.807, 2.05) is 0 Å². The number of nitrogens with zero attached hydrogens (tertiary/aromatic N) is 1. The molecule has 7 nitrogen and oxygen atoms in total. The molecule has 1 aromatic carbocycles. The standard InChI is InChI=1S/C19H16Cl2F2N2O5/c1-2-3-30-16(28)13-12(15(26)27)11-6-18(22,23)7-25(11)19(13)9-4-8(20)5-10(21)14(9)24-17(19)29/h2,4-5,11-13H,1,3,6-7H2,(H,24,29)(H,26,27)/t11?,12?,13-,19?/m0/s1. The van der Waals surface area contributed by atoms with E-state index in [4.69, 9.17) is 27.9 Å². The van der Waals surface area contributed by atoms with Crippen LogP contribution in [0.15, 0.2) is 24.8 Å². The molecule has 0 aromatic heterocycles. The van der Waals surface area contributed by atoms with Crippen molar-refractivity contribution in [3.05, 3.63) is 40.4 Å². The van der Waals surface area contributed by atoms with E-state index in [2.05, 4.69) is 11.9 Å². The van der Waals surface area contributed by atoms with Crippen molar-refractivity contribution in [3.8, 4) is 0 Å². The Morgan fingerprint density at radius 1 is 1.40 bits per heavy atom. The summed E-state index contributed by atoms with van der Waals surface area (Å²) in [6.45, 7) is 2.30. The van der Waals surface area contributed by atoms with E-state index in [0.29, 0.717) is 0 Å². The lowest BCUT2D eigenvalue weighted by Crippen LogP contribution is -2.54. The van der Waals surface area contributed by atoms with Crippen molar-refractivity contribution >= 4 is 46.7 Å². The highest BCUT2D eigenvalue weighted by molar-refractivity contribution is 6.38. The maximum absolute atomic E-state index is 14.4. The summed E-state index contributed by atoms with van der Waals surface area (Å²) < 4.78 is 33.9. The number of ether oxygens (including phenoxy) is 1. The number of rotatable bonds is 4. The molecule has 4 atom stereocenters. The number of amides is 1. The van der Waals surface area contributed by atoms with Crippen LogP contribution in [0, 0.1) is 11.8 Å². The Bertz CT molecular complexity index is 988. The molecule has 3 unspecified atom stereocenters. The molecule has 1 amide bonds. The van der Waals surface area contributed by atoms with Crippen LogP contribution in [-0.4, -0.2) is 53.0 Å². The molecule has 0 bridgehead atoms. The largest absolute Gasteiger partial charge is 0.481 e. The molecule has 2 saturated heterocycles. The van der Waals surface area contributed by atoms with E-state index in [-0.39, 0.29) is 27.9 Å². The Morgan fingerprint density at radius 2 is 2.10 bits per heavy atom. The molecule has 3 aliphatic rings. The smallest absolute Gasteiger partial charge is 0.313 e. The van der Waals surface area contributed by atoms with E-state index in [1.54, 1.807) is 0 Å². The number of carbonyl (C=O) groups excluding carboxylic acids is 2. The third-order valence-electron chi connectivity index (χ3n) is 5.92. The van der Waals surface area contributed by atoms with Gasteiger partial charge >= 0.3 is 11.9 Å². The van der Waals surface area contributed by atoms with Crippen molar-refractivity contribution in [2.24, 2.45) is 11.8 Å². The van der Waals surface area contributed by atoms with Crippen molar-refractivity contribution in [2.75, 3.05) is 18.5 Å². The van der Waals surface area contributed by atoms with Gasteiger partial charge in [0.25, 0.3) is 11.8 Å². The fourth-order valence-electron chi connectivity index (χ4n) is 5.00. The maximum Gasteiger partial charge on any atom is 0.313 e. The second kappa shape index (κ2) is 6.90. The van der Waals surface area contributed by atoms with Crippen LogP contribution < -0.4 is 5.32 Å². The van der Waals surface area contributed by atoms with Crippen LogP contribution in [0.5, 0.6) is 0 Å². The number of carboxylic acids is 1. The number of nitrogens with one attached hydrogen (secondary N) is 1. The number of halogens is 4. The van der Waals surface area contributed by atoms with Crippen LogP contribution in [0.2, 0.25) is 10.0 Å². The third kappa shape index (κ3) is 2.75. The Hall–Kier alpha value is -2.23. The molecular formula is C19H16Cl2F2N2O5. The lowest BCUT2D eigenvalue weighted by atomic mass is 9.74. The van der Waals surface area contributed by atoms with Crippen LogP contribution >= 0.6 is 23.2 Å². The quantitative estimate of drug-likeness (QED) is 0.529. The molecule has 2 fully saturated rings. The summed E-state index contributed by atoms with van der Waals surface area (Å²) in [5, 5.41) is 12.6. The average Bonchev–Trinajstić information content (AvgIpc) is 3.20. The molecule has 30 heavy (non-hydrogen) atoms. The predicted octanol–water partition coefficient (Wildman–Crippen LogP) is 2.91. The summed E-state index contributed by atoms with van der Waals surface area (Å²) in [4.78, 5) is 39.6. The van der Waals surface area contributed by atoms with Gasteiger partial charge in [-0.15, -0.1) is 0 Å². The molecule has 3 aliphatic heterocycles. The molecule has 11 heteroatoms. The minimum absolute atomic E-state index is 0.0437. The predicted molar refractivity (Wildman–Crippen MR) is 103 cm³/mol. The molecule has 160 valence electrons. The van der Waals surface area contributed by atoms with Gasteiger partial charge in [0.15, 0.2) is 0 Å². The Morgan fingerprint density at radius 3 is 2.73 bits per heavy atom. The third-order valence-corrected chi connectivity index (χ3v) is 6.44. The van der Waals surface area contributed by atoms with Gasteiger partial charge in [0.2, 0.25) is 0 Å². The van der Waals surface area contributed by atoms with Crippen LogP contribution in [0.4, 0.5) is 14.5 Å². The number of alkyl halides is 2. The highest BCUT2D eigenvalue weighted by Crippen LogP contribution is 2.61. The van der Waals surface area contributed by atoms with Crippen molar-refractivity contribution < 1.29 is 33.0 Å². The molecule has 1 aromatic rings. The first-order valence-corrected chi connectivity index (χ1v) is 9.76. The monoisotopic (exact) mass is 460 g/mol. The normalized spacial score (nSPS) is 31.3. The number of hydrogen-bond donors (Lipinski definition) is 2. The van der Waals surface area contributed by atoms with E-state index in [0.717, 1.165) is 4.90 Å². The van der Waals surface area contributed by atoms with Gasteiger partial charge in [-0.2, -0.15) is 0 Å². The second-order valence-corrected chi connectivity index (χ2v) is 8.39. The van der Waals surface area contributed by atoms with E-state index in [1.165, 1.54) is 18.2 Å². The van der Waals surface area contributed by atoms with Gasteiger partial charge in [-0.25, -0.2) is 8.78 Å². The molecule has 2 N–H and O–H groups in total. The first-order valence-electron chi connectivity index (χ1n) is 9.00. The van der Waals surface area contributed by atoms with Gasteiger partial charge in [0, 0.05) is 23.0 Å². The summed E-state index contributed by atoms with van der Waals surface area (Å²) >= 11 is 12.3. The molecule has 3 heterocycles. The highest BCUT2D eigenvalue weighted by atomic mass is 35.5. The first-order chi connectivity index (χ1) is 14.0. The number of carbonyl (C=O) groups is 3. The van der Waals surface area contributed by atoms with Gasteiger partial charge in [-0.3, -0.25) is 19.3 Å². The van der Waals surface area contributed by atoms with Crippen LogP contribution in [0.25, 0.3) is 0 Å². The fraction of sp³-hybridized carbons (Fsp3) is 0.421. The topological polar surface area (TPSA) is 95.9 Å². The van der Waals surface area contributed by atoms with E-state index in [9.17, 15) is 28.3 Å². The first kappa shape index (κ1) is 21.0.